The molecule has 1 atom stereocenters. The molecule has 2 rings (SSSR count). The van der Waals surface area contributed by atoms with Crippen molar-refractivity contribution in [2.45, 2.75) is 10.4 Å². The second-order valence-corrected chi connectivity index (χ2v) is 4.97. The van der Waals surface area contributed by atoms with Crippen LogP contribution in [-0.4, -0.2) is 28.4 Å². The number of aromatic nitrogens is 3. The standard InChI is InChI=1S/C12H16N4S/c1-13-8-11(10-6-4-3-5-7-10)17-12-15-14-9-16(12)2/h3-7,9,11,13H,8H2,1-2H3. The molecule has 0 aliphatic heterocycles. The lowest BCUT2D eigenvalue weighted by atomic mass is 10.1. The Kier molecular flexibility index (Phi) is 4.17. The lowest BCUT2D eigenvalue weighted by Crippen LogP contribution is -2.15. The fourth-order valence-electron chi connectivity index (χ4n) is 1.59. The van der Waals surface area contributed by atoms with Crippen LogP contribution in [0.2, 0.25) is 0 Å². The molecule has 0 bridgehead atoms. The number of nitrogens with one attached hydrogen (secondary N) is 1. The molecule has 5 heteroatoms. The molecule has 1 heterocycles. The highest BCUT2D eigenvalue weighted by Crippen LogP contribution is 2.32. The van der Waals surface area contributed by atoms with Crippen LogP contribution in [0.3, 0.4) is 0 Å². The zero-order valence-electron chi connectivity index (χ0n) is 10.00. The van der Waals surface area contributed by atoms with Gasteiger partial charge in [0.2, 0.25) is 0 Å². The van der Waals surface area contributed by atoms with E-state index in [1.54, 1.807) is 18.1 Å². The van der Waals surface area contributed by atoms with Gasteiger partial charge in [0.05, 0.1) is 0 Å². The Labute approximate surface area is 105 Å². The third-order valence-electron chi connectivity index (χ3n) is 2.48. The van der Waals surface area contributed by atoms with E-state index in [9.17, 15) is 0 Å². The van der Waals surface area contributed by atoms with E-state index in [2.05, 4.69) is 39.8 Å². The molecule has 0 amide bonds. The van der Waals surface area contributed by atoms with Crippen LogP contribution in [0.15, 0.2) is 41.8 Å². The largest absolute Gasteiger partial charge is 0.318 e. The third-order valence-corrected chi connectivity index (χ3v) is 3.78. The Morgan fingerprint density at radius 3 is 2.71 bits per heavy atom. The molecule has 0 aliphatic carbocycles. The van der Waals surface area contributed by atoms with Crippen LogP contribution >= 0.6 is 11.8 Å². The molecule has 1 aromatic carbocycles. The van der Waals surface area contributed by atoms with Crippen LogP contribution in [0.25, 0.3) is 0 Å². The summed E-state index contributed by atoms with van der Waals surface area (Å²) in [6.07, 6.45) is 1.73. The van der Waals surface area contributed by atoms with Crippen molar-refractivity contribution in [3.63, 3.8) is 0 Å². The van der Waals surface area contributed by atoms with Gasteiger partial charge in [0, 0.05) is 18.8 Å². The van der Waals surface area contributed by atoms with Gasteiger partial charge in [-0.15, -0.1) is 10.2 Å². The third kappa shape index (κ3) is 3.08. The fraction of sp³-hybridized carbons (Fsp3) is 0.333. The maximum absolute atomic E-state index is 4.11. The van der Waals surface area contributed by atoms with Gasteiger partial charge in [-0.1, -0.05) is 42.1 Å². The van der Waals surface area contributed by atoms with Crippen molar-refractivity contribution < 1.29 is 0 Å². The summed E-state index contributed by atoms with van der Waals surface area (Å²) in [7, 11) is 3.93. The number of likely N-dealkylation sites (N-methyl/N-ethyl adjacent to an activating group) is 1. The summed E-state index contributed by atoms with van der Waals surface area (Å²) in [5.41, 5.74) is 1.30. The van der Waals surface area contributed by atoms with Crippen LogP contribution in [0.4, 0.5) is 0 Å². The Bertz CT molecular complexity index is 455. The van der Waals surface area contributed by atoms with Crippen LogP contribution < -0.4 is 5.32 Å². The molecule has 17 heavy (non-hydrogen) atoms. The summed E-state index contributed by atoms with van der Waals surface area (Å²) in [5, 5.41) is 12.5. The van der Waals surface area contributed by atoms with Crippen molar-refractivity contribution in [3.8, 4) is 0 Å². The van der Waals surface area contributed by atoms with Gasteiger partial charge < -0.3 is 9.88 Å². The molecule has 2 aromatic rings. The first-order valence-electron chi connectivity index (χ1n) is 5.51. The van der Waals surface area contributed by atoms with Gasteiger partial charge in [0.15, 0.2) is 5.16 Å². The number of benzene rings is 1. The second kappa shape index (κ2) is 5.84. The summed E-state index contributed by atoms with van der Waals surface area (Å²) in [6.45, 7) is 0.904. The van der Waals surface area contributed by atoms with E-state index < -0.39 is 0 Å². The van der Waals surface area contributed by atoms with Gasteiger partial charge in [-0.2, -0.15) is 0 Å². The molecule has 1 unspecified atom stereocenters. The minimum Gasteiger partial charge on any atom is -0.318 e. The molecule has 0 radical (unpaired) electrons. The predicted octanol–water partition coefficient (Wildman–Crippen LogP) is 1.87. The molecule has 0 spiro atoms. The van der Waals surface area contributed by atoms with Gasteiger partial charge in [-0.25, -0.2) is 0 Å². The Morgan fingerprint density at radius 1 is 1.35 bits per heavy atom. The Balaban J connectivity index is 2.16. The summed E-state index contributed by atoms with van der Waals surface area (Å²) in [6, 6.07) is 10.5. The molecule has 4 nitrogen and oxygen atoms in total. The minimum absolute atomic E-state index is 0.351. The maximum Gasteiger partial charge on any atom is 0.191 e. The summed E-state index contributed by atoms with van der Waals surface area (Å²) in [5.74, 6) is 0. The topological polar surface area (TPSA) is 42.7 Å². The molecular weight excluding hydrogens is 232 g/mol. The smallest absolute Gasteiger partial charge is 0.191 e. The quantitative estimate of drug-likeness (QED) is 0.820. The minimum atomic E-state index is 0.351. The number of nitrogens with zero attached hydrogens (tertiary/aromatic N) is 3. The number of hydrogen-bond donors (Lipinski definition) is 1. The molecular formula is C12H16N4S. The molecule has 90 valence electrons. The predicted molar refractivity (Wildman–Crippen MR) is 70.0 cm³/mol. The second-order valence-electron chi connectivity index (χ2n) is 3.80. The van der Waals surface area contributed by atoms with Crippen molar-refractivity contribution in [2.24, 2.45) is 7.05 Å². The first-order chi connectivity index (χ1) is 8.31. The highest BCUT2D eigenvalue weighted by atomic mass is 32.2. The van der Waals surface area contributed by atoms with E-state index in [1.165, 1.54) is 5.56 Å². The van der Waals surface area contributed by atoms with Crippen LogP contribution in [0.5, 0.6) is 0 Å². The number of rotatable bonds is 5. The zero-order chi connectivity index (χ0) is 12.1. The number of hydrogen-bond acceptors (Lipinski definition) is 4. The van der Waals surface area contributed by atoms with Crippen LogP contribution in [-0.2, 0) is 7.05 Å². The van der Waals surface area contributed by atoms with Crippen molar-refractivity contribution in [1.29, 1.82) is 0 Å². The highest BCUT2D eigenvalue weighted by Gasteiger charge is 2.14. The average Bonchev–Trinajstić information content (AvgIpc) is 2.76. The van der Waals surface area contributed by atoms with Crippen LogP contribution in [0.1, 0.15) is 10.8 Å². The molecule has 1 aromatic heterocycles. The van der Waals surface area contributed by atoms with Gasteiger partial charge in [0.1, 0.15) is 6.33 Å². The van der Waals surface area contributed by atoms with Gasteiger partial charge in [-0.05, 0) is 12.6 Å². The van der Waals surface area contributed by atoms with E-state index in [0.717, 1.165) is 11.7 Å². The number of aryl methyl sites for hydroxylation is 1. The molecule has 0 saturated heterocycles. The average molecular weight is 248 g/mol. The molecule has 0 aliphatic rings. The van der Waals surface area contributed by atoms with Gasteiger partial charge in [0.25, 0.3) is 0 Å². The van der Waals surface area contributed by atoms with E-state index in [1.807, 2.05) is 24.7 Å². The van der Waals surface area contributed by atoms with Gasteiger partial charge in [-0.3, -0.25) is 0 Å². The Morgan fingerprint density at radius 2 is 2.12 bits per heavy atom. The lowest BCUT2D eigenvalue weighted by molar-refractivity contribution is 0.754. The molecule has 0 fully saturated rings. The zero-order valence-corrected chi connectivity index (χ0v) is 10.8. The van der Waals surface area contributed by atoms with Crippen LogP contribution in [0, 0.1) is 0 Å². The monoisotopic (exact) mass is 248 g/mol. The number of thioether (sulfide) groups is 1. The van der Waals surface area contributed by atoms with Crippen molar-refractivity contribution >= 4 is 11.8 Å². The summed E-state index contributed by atoms with van der Waals surface area (Å²) in [4.78, 5) is 0. The first-order valence-corrected chi connectivity index (χ1v) is 6.39. The molecule has 1 N–H and O–H groups in total. The van der Waals surface area contributed by atoms with Crippen molar-refractivity contribution in [3.05, 3.63) is 42.2 Å². The summed E-state index contributed by atoms with van der Waals surface area (Å²) >= 11 is 1.73. The van der Waals surface area contributed by atoms with Crippen molar-refractivity contribution in [1.82, 2.24) is 20.1 Å². The SMILES string of the molecule is CNCC(Sc1nncn1C)c1ccccc1. The fourth-order valence-corrected chi connectivity index (χ4v) is 2.69. The van der Waals surface area contributed by atoms with Crippen molar-refractivity contribution in [2.75, 3.05) is 13.6 Å². The van der Waals surface area contributed by atoms with E-state index in [-0.39, 0.29) is 0 Å². The van der Waals surface area contributed by atoms with E-state index >= 15 is 0 Å². The van der Waals surface area contributed by atoms with Gasteiger partial charge >= 0.3 is 0 Å². The maximum atomic E-state index is 4.11. The highest BCUT2D eigenvalue weighted by molar-refractivity contribution is 7.99. The van der Waals surface area contributed by atoms with E-state index in [0.29, 0.717) is 5.25 Å². The normalized spacial score (nSPS) is 12.6. The lowest BCUT2D eigenvalue weighted by Gasteiger charge is -2.15. The first kappa shape index (κ1) is 12.1. The molecule has 0 saturated carbocycles. The Hall–Kier alpha value is -1.33. The summed E-state index contributed by atoms with van der Waals surface area (Å²) < 4.78 is 1.94. The van der Waals surface area contributed by atoms with E-state index in [4.69, 9.17) is 0 Å².